The van der Waals surface area contributed by atoms with Crippen molar-refractivity contribution in [2.45, 2.75) is 39.5 Å². The molecule has 1 aliphatic rings. The van der Waals surface area contributed by atoms with Gasteiger partial charge < -0.3 is 5.73 Å². The lowest BCUT2D eigenvalue weighted by Crippen LogP contribution is -2.19. The maximum absolute atomic E-state index is 4.50. The molecule has 0 bridgehead atoms. The van der Waals surface area contributed by atoms with Gasteiger partial charge in [0, 0.05) is 0 Å². The summed E-state index contributed by atoms with van der Waals surface area (Å²) in [5.41, 5.74) is 5.00. The van der Waals surface area contributed by atoms with E-state index < -0.39 is 0 Å². The lowest BCUT2D eigenvalue weighted by Gasteiger charge is -2.29. The summed E-state index contributed by atoms with van der Waals surface area (Å²) in [5, 5.41) is 0. The standard InChI is InChI=1S/C10H18.CH5N/c1-4-10(9(2)3)7-5-6-8-10;1-2/h4,9H,1,5-8H2,2-3H3;2H2,1H3. The molecule has 0 saturated heterocycles. The maximum Gasteiger partial charge on any atom is -0.00979 e. The van der Waals surface area contributed by atoms with Crippen LogP contribution in [0.2, 0.25) is 0 Å². The third kappa shape index (κ3) is 2.34. The molecule has 0 aromatic heterocycles. The quantitative estimate of drug-likeness (QED) is 0.632. The van der Waals surface area contributed by atoms with Crippen LogP contribution in [0.4, 0.5) is 0 Å². The van der Waals surface area contributed by atoms with Crippen molar-refractivity contribution in [3.05, 3.63) is 12.7 Å². The van der Waals surface area contributed by atoms with Gasteiger partial charge in [-0.2, -0.15) is 0 Å². The molecule has 0 aromatic rings. The Morgan fingerprint density at radius 1 is 1.25 bits per heavy atom. The van der Waals surface area contributed by atoms with Crippen LogP contribution in [0.1, 0.15) is 39.5 Å². The van der Waals surface area contributed by atoms with Gasteiger partial charge in [0.25, 0.3) is 0 Å². The SMILES string of the molecule is C=CC1(C(C)C)CCCC1.CN. The summed E-state index contributed by atoms with van der Waals surface area (Å²) < 4.78 is 0. The fraction of sp³-hybridized carbons (Fsp3) is 0.818. The maximum atomic E-state index is 4.50. The van der Waals surface area contributed by atoms with Gasteiger partial charge in [-0.15, -0.1) is 6.58 Å². The highest BCUT2D eigenvalue weighted by atomic mass is 14.4. The topological polar surface area (TPSA) is 26.0 Å². The zero-order chi connectivity index (χ0) is 9.61. The molecule has 0 atom stereocenters. The van der Waals surface area contributed by atoms with Crippen molar-refractivity contribution in [3.63, 3.8) is 0 Å². The Morgan fingerprint density at radius 3 is 1.83 bits per heavy atom. The van der Waals surface area contributed by atoms with Crippen LogP contribution in [0.15, 0.2) is 12.7 Å². The average molecular weight is 169 g/mol. The molecule has 1 aliphatic carbocycles. The van der Waals surface area contributed by atoms with E-state index in [0.717, 1.165) is 5.92 Å². The number of rotatable bonds is 2. The zero-order valence-electron chi connectivity index (χ0n) is 8.77. The van der Waals surface area contributed by atoms with Crippen LogP contribution < -0.4 is 5.73 Å². The summed E-state index contributed by atoms with van der Waals surface area (Å²) in [6.45, 7) is 8.56. The van der Waals surface area contributed by atoms with Gasteiger partial charge >= 0.3 is 0 Å². The molecule has 72 valence electrons. The van der Waals surface area contributed by atoms with Crippen LogP contribution in [0.5, 0.6) is 0 Å². The highest BCUT2D eigenvalue weighted by molar-refractivity contribution is 4.99. The number of allylic oxidation sites excluding steroid dienone is 1. The van der Waals surface area contributed by atoms with Crippen LogP contribution in [-0.4, -0.2) is 7.05 Å². The summed E-state index contributed by atoms with van der Waals surface area (Å²) in [4.78, 5) is 0. The van der Waals surface area contributed by atoms with Gasteiger partial charge in [0.2, 0.25) is 0 Å². The van der Waals surface area contributed by atoms with Gasteiger partial charge in [-0.3, -0.25) is 0 Å². The van der Waals surface area contributed by atoms with E-state index in [4.69, 9.17) is 0 Å². The van der Waals surface area contributed by atoms with Crippen molar-refractivity contribution in [1.29, 1.82) is 0 Å². The molecular weight excluding hydrogens is 146 g/mol. The van der Waals surface area contributed by atoms with E-state index in [1.54, 1.807) is 0 Å². The molecule has 0 radical (unpaired) electrons. The lowest BCUT2D eigenvalue weighted by atomic mass is 9.76. The Kier molecular flexibility index (Phi) is 5.23. The summed E-state index contributed by atoms with van der Waals surface area (Å²) in [6.07, 6.45) is 7.74. The van der Waals surface area contributed by atoms with Gasteiger partial charge in [-0.05, 0) is 31.2 Å². The van der Waals surface area contributed by atoms with E-state index in [2.05, 4.69) is 32.2 Å². The first kappa shape index (κ1) is 11.7. The van der Waals surface area contributed by atoms with Crippen molar-refractivity contribution in [3.8, 4) is 0 Å². The van der Waals surface area contributed by atoms with Gasteiger partial charge in [0.15, 0.2) is 0 Å². The molecule has 0 amide bonds. The molecule has 1 nitrogen and oxygen atoms in total. The summed E-state index contributed by atoms with van der Waals surface area (Å²) in [7, 11) is 1.50. The van der Waals surface area contributed by atoms with E-state index in [9.17, 15) is 0 Å². The van der Waals surface area contributed by atoms with Crippen LogP contribution in [0.3, 0.4) is 0 Å². The summed E-state index contributed by atoms with van der Waals surface area (Å²) >= 11 is 0. The Labute approximate surface area is 77.0 Å². The first-order valence-corrected chi connectivity index (χ1v) is 4.92. The first-order chi connectivity index (χ1) is 5.71. The molecule has 2 N–H and O–H groups in total. The Bertz CT molecular complexity index is 121. The van der Waals surface area contributed by atoms with E-state index in [1.165, 1.54) is 32.7 Å². The molecule has 1 rings (SSSR count). The average Bonchev–Trinajstić information content (AvgIpc) is 2.57. The predicted octanol–water partition coefficient (Wildman–Crippen LogP) is 2.96. The fourth-order valence-corrected chi connectivity index (χ4v) is 2.05. The molecule has 0 spiro atoms. The molecular formula is C11H23N. The largest absolute Gasteiger partial charge is 0.333 e. The van der Waals surface area contributed by atoms with Crippen molar-refractivity contribution in [2.75, 3.05) is 7.05 Å². The molecule has 0 aromatic carbocycles. The van der Waals surface area contributed by atoms with Crippen LogP contribution in [0, 0.1) is 11.3 Å². The van der Waals surface area contributed by atoms with Crippen molar-refractivity contribution >= 4 is 0 Å². The van der Waals surface area contributed by atoms with Gasteiger partial charge in [-0.25, -0.2) is 0 Å². The molecule has 12 heavy (non-hydrogen) atoms. The lowest BCUT2D eigenvalue weighted by molar-refractivity contribution is 0.275. The van der Waals surface area contributed by atoms with E-state index >= 15 is 0 Å². The van der Waals surface area contributed by atoms with E-state index in [-0.39, 0.29) is 0 Å². The van der Waals surface area contributed by atoms with Gasteiger partial charge in [0.1, 0.15) is 0 Å². The van der Waals surface area contributed by atoms with Crippen molar-refractivity contribution < 1.29 is 0 Å². The minimum atomic E-state index is 0.500. The monoisotopic (exact) mass is 169 g/mol. The van der Waals surface area contributed by atoms with Crippen LogP contribution in [-0.2, 0) is 0 Å². The second kappa shape index (κ2) is 5.36. The van der Waals surface area contributed by atoms with Gasteiger partial charge in [-0.1, -0.05) is 32.8 Å². The Balaban J connectivity index is 0.000000561. The molecule has 0 heterocycles. The molecule has 0 unspecified atom stereocenters. The molecule has 0 aliphatic heterocycles. The Hall–Kier alpha value is -0.300. The van der Waals surface area contributed by atoms with Crippen molar-refractivity contribution in [2.24, 2.45) is 17.1 Å². The highest BCUT2D eigenvalue weighted by Gasteiger charge is 2.33. The summed E-state index contributed by atoms with van der Waals surface area (Å²) in [6, 6.07) is 0. The first-order valence-electron chi connectivity index (χ1n) is 4.92. The molecule has 1 heteroatoms. The van der Waals surface area contributed by atoms with Crippen molar-refractivity contribution in [1.82, 2.24) is 0 Å². The smallest absolute Gasteiger partial charge is 0.00979 e. The Morgan fingerprint density at radius 2 is 1.67 bits per heavy atom. The fourth-order valence-electron chi connectivity index (χ4n) is 2.05. The minimum Gasteiger partial charge on any atom is -0.333 e. The van der Waals surface area contributed by atoms with Gasteiger partial charge in [0.05, 0.1) is 0 Å². The minimum absolute atomic E-state index is 0.500. The second-order valence-corrected chi connectivity index (χ2v) is 3.80. The zero-order valence-corrected chi connectivity index (χ0v) is 8.77. The van der Waals surface area contributed by atoms with E-state index in [1.807, 2.05) is 0 Å². The normalized spacial score (nSPS) is 20.1. The number of nitrogens with two attached hydrogens (primary N) is 1. The van der Waals surface area contributed by atoms with E-state index in [0.29, 0.717) is 5.41 Å². The predicted molar refractivity (Wildman–Crippen MR) is 56.0 cm³/mol. The third-order valence-corrected chi connectivity index (χ3v) is 3.09. The van der Waals surface area contributed by atoms with Crippen LogP contribution in [0.25, 0.3) is 0 Å². The molecule has 1 saturated carbocycles. The number of hydrogen-bond donors (Lipinski definition) is 1. The van der Waals surface area contributed by atoms with Crippen LogP contribution >= 0.6 is 0 Å². The third-order valence-electron chi connectivity index (χ3n) is 3.09. The molecule has 1 fully saturated rings. The number of hydrogen-bond acceptors (Lipinski definition) is 1. The highest BCUT2D eigenvalue weighted by Crippen LogP contribution is 2.44. The second-order valence-electron chi connectivity index (χ2n) is 3.80. The summed E-state index contributed by atoms with van der Waals surface area (Å²) in [5.74, 6) is 0.785.